The van der Waals surface area contributed by atoms with Crippen molar-refractivity contribution in [3.63, 3.8) is 0 Å². The van der Waals surface area contributed by atoms with Gasteiger partial charge in [-0.1, -0.05) is 19.1 Å². The topological polar surface area (TPSA) is 48.1 Å². The number of hydrogen-bond donors (Lipinski definition) is 1. The van der Waals surface area contributed by atoms with Gasteiger partial charge in [0.15, 0.2) is 0 Å². The van der Waals surface area contributed by atoms with Crippen LogP contribution in [-0.4, -0.2) is 12.1 Å². The normalized spacial score (nSPS) is 12.4. The van der Waals surface area contributed by atoms with Crippen molar-refractivity contribution in [3.05, 3.63) is 44.9 Å². The van der Waals surface area contributed by atoms with Gasteiger partial charge in [-0.05, 0) is 37.5 Å². The number of benzene rings is 1. The summed E-state index contributed by atoms with van der Waals surface area (Å²) in [6.07, 6.45) is 1.77. The van der Waals surface area contributed by atoms with Crippen molar-refractivity contribution in [2.45, 2.75) is 39.7 Å². The second-order valence-corrected chi connectivity index (χ2v) is 6.29. The van der Waals surface area contributed by atoms with Crippen molar-refractivity contribution in [2.75, 3.05) is 7.11 Å². The van der Waals surface area contributed by atoms with E-state index in [0.29, 0.717) is 0 Å². The van der Waals surface area contributed by atoms with Crippen LogP contribution in [0.3, 0.4) is 0 Å². The van der Waals surface area contributed by atoms with Gasteiger partial charge >= 0.3 is 0 Å². The molecule has 0 amide bonds. The molecule has 2 N–H and O–H groups in total. The van der Waals surface area contributed by atoms with E-state index in [2.05, 4.69) is 24.9 Å². The molecular weight excluding hydrogens is 268 g/mol. The Morgan fingerprint density at radius 1 is 1.35 bits per heavy atom. The molecule has 2 rings (SSSR count). The molecule has 0 bridgehead atoms. The van der Waals surface area contributed by atoms with Crippen molar-refractivity contribution in [1.82, 2.24) is 4.98 Å². The molecule has 0 aliphatic heterocycles. The van der Waals surface area contributed by atoms with Crippen LogP contribution in [0.25, 0.3) is 0 Å². The van der Waals surface area contributed by atoms with Crippen LogP contribution in [0.15, 0.2) is 18.2 Å². The van der Waals surface area contributed by atoms with Gasteiger partial charge in [0, 0.05) is 17.3 Å². The molecule has 1 heterocycles. The molecule has 4 heteroatoms. The molecule has 0 radical (unpaired) electrons. The molecule has 0 aliphatic carbocycles. The van der Waals surface area contributed by atoms with Crippen LogP contribution in [0.5, 0.6) is 5.75 Å². The number of thiazole rings is 1. The predicted molar refractivity (Wildman–Crippen MR) is 84.6 cm³/mol. The summed E-state index contributed by atoms with van der Waals surface area (Å²) in [7, 11) is 1.69. The summed E-state index contributed by atoms with van der Waals surface area (Å²) in [6.45, 7) is 6.30. The first-order valence-corrected chi connectivity index (χ1v) is 7.72. The van der Waals surface area contributed by atoms with Gasteiger partial charge in [0.1, 0.15) is 5.75 Å². The average Bonchev–Trinajstić information content (AvgIpc) is 2.78. The van der Waals surface area contributed by atoms with Gasteiger partial charge in [-0.3, -0.25) is 0 Å². The van der Waals surface area contributed by atoms with Gasteiger partial charge in [0.25, 0.3) is 0 Å². The van der Waals surface area contributed by atoms with Crippen molar-refractivity contribution >= 4 is 11.3 Å². The summed E-state index contributed by atoms with van der Waals surface area (Å²) in [5.74, 6) is 0.902. The molecule has 1 aromatic carbocycles. The lowest BCUT2D eigenvalue weighted by atomic mass is 10.0. The van der Waals surface area contributed by atoms with E-state index in [4.69, 9.17) is 10.5 Å². The molecule has 20 heavy (non-hydrogen) atoms. The van der Waals surface area contributed by atoms with Crippen LogP contribution < -0.4 is 10.5 Å². The average molecular weight is 290 g/mol. The van der Waals surface area contributed by atoms with Crippen LogP contribution in [-0.2, 0) is 12.8 Å². The minimum Gasteiger partial charge on any atom is -0.496 e. The Morgan fingerprint density at radius 2 is 2.10 bits per heavy atom. The highest BCUT2D eigenvalue weighted by molar-refractivity contribution is 7.11. The Balaban J connectivity index is 2.14. The van der Waals surface area contributed by atoms with Crippen LogP contribution in [0.4, 0.5) is 0 Å². The number of ether oxygens (including phenoxy) is 1. The molecule has 0 fully saturated rings. The van der Waals surface area contributed by atoms with E-state index in [-0.39, 0.29) is 6.04 Å². The van der Waals surface area contributed by atoms with Gasteiger partial charge in [0.05, 0.1) is 17.8 Å². The maximum absolute atomic E-state index is 6.31. The first-order valence-electron chi connectivity index (χ1n) is 6.90. The van der Waals surface area contributed by atoms with E-state index in [1.807, 2.05) is 19.1 Å². The third-order valence-electron chi connectivity index (χ3n) is 3.51. The summed E-state index contributed by atoms with van der Waals surface area (Å²) < 4.78 is 5.28. The van der Waals surface area contributed by atoms with Gasteiger partial charge in [-0.25, -0.2) is 4.98 Å². The number of nitrogens with two attached hydrogens (primary N) is 1. The number of hydrogen-bond acceptors (Lipinski definition) is 4. The molecular formula is C16H22N2OS. The molecule has 108 valence electrons. The maximum Gasteiger partial charge on any atom is 0.121 e. The first kappa shape index (κ1) is 15.0. The quantitative estimate of drug-likeness (QED) is 0.915. The third-order valence-corrected chi connectivity index (χ3v) is 4.55. The molecule has 1 aromatic heterocycles. The number of aromatic nitrogens is 1. The van der Waals surface area contributed by atoms with Gasteiger partial charge in [-0.2, -0.15) is 0 Å². The Labute approximate surface area is 124 Å². The fourth-order valence-electron chi connectivity index (χ4n) is 2.34. The monoisotopic (exact) mass is 290 g/mol. The molecule has 0 aliphatic rings. The smallest absolute Gasteiger partial charge is 0.121 e. The molecule has 1 unspecified atom stereocenters. The number of nitrogens with zero attached hydrogens (tertiary/aromatic N) is 1. The zero-order valence-electron chi connectivity index (χ0n) is 12.6. The minimum atomic E-state index is -0.0186. The molecule has 3 nitrogen and oxygen atoms in total. The molecule has 2 aromatic rings. The van der Waals surface area contributed by atoms with Crippen molar-refractivity contribution in [3.8, 4) is 5.75 Å². The van der Waals surface area contributed by atoms with E-state index < -0.39 is 0 Å². The summed E-state index contributed by atoms with van der Waals surface area (Å²) in [5, 5.41) is 1.13. The Kier molecular flexibility index (Phi) is 4.78. The second kappa shape index (κ2) is 6.37. The van der Waals surface area contributed by atoms with E-state index in [1.165, 1.54) is 10.6 Å². The molecule has 1 atom stereocenters. The van der Waals surface area contributed by atoms with E-state index >= 15 is 0 Å². The van der Waals surface area contributed by atoms with Crippen molar-refractivity contribution in [1.29, 1.82) is 0 Å². The minimum absolute atomic E-state index is 0.0186. The highest BCUT2D eigenvalue weighted by Crippen LogP contribution is 2.26. The van der Waals surface area contributed by atoms with Gasteiger partial charge < -0.3 is 10.5 Å². The highest BCUT2D eigenvalue weighted by Gasteiger charge is 2.13. The standard InChI is InChI=1S/C16H22N2OS/c1-5-14-11(3)20-16(18-14)9-13(17)12-6-7-15(19-4)10(2)8-12/h6-8,13H,5,9,17H2,1-4H3. The van der Waals surface area contributed by atoms with Crippen LogP contribution in [0, 0.1) is 13.8 Å². The summed E-state index contributed by atoms with van der Waals surface area (Å²) in [6, 6.07) is 6.10. The van der Waals surface area contributed by atoms with E-state index in [0.717, 1.165) is 34.7 Å². The number of methoxy groups -OCH3 is 1. The summed E-state index contributed by atoms with van der Waals surface area (Å²) in [5.41, 5.74) is 9.76. The first-order chi connectivity index (χ1) is 9.55. The van der Waals surface area contributed by atoms with Crippen molar-refractivity contribution < 1.29 is 4.74 Å². The van der Waals surface area contributed by atoms with Gasteiger partial charge in [-0.15, -0.1) is 11.3 Å². The predicted octanol–water partition coefficient (Wildman–Crippen LogP) is 3.57. The largest absolute Gasteiger partial charge is 0.496 e. The number of aryl methyl sites for hydroxylation is 3. The summed E-state index contributed by atoms with van der Waals surface area (Å²) in [4.78, 5) is 5.97. The van der Waals surface area contributed by atoms with Crippen LogP contribution in [0.1, 0.15) is 39.7 Å². The van der Waals surface area contributed by atoms with E-state index in [9.17, 15) is 0 Å². The van der Waals surface area contributed by atoms with Gasteiger partial charge in [0.2, 0.25) is 0 Å². The maximum atomic E-state index is 6.31. The van der Waals surface area contributed by atoms with Crippen LogP contribution in [0.2, 0.25) is 0 Å². The Morgan fingerprint density at radius 3 is 2.65 bits per heavy atom. The SMILES string of the molecule is CCc1nc(CC(N)c2ccc(OC)c(C)c2)sc1C. The Hall–Kier alpha value is -1.39. The fraction of sp³-hybridized carbons (Fsp3) is 0.438. The lowest BCUT2D eigenvalue weighted by Gasteiger charge is -2.13. The fourth-order valence-corrected chi connectivity index (χ4v) is 3.42. The van der Waals surface area contributed by atoms with Crippen molar-refractivity contribution in [2.24, 2.45) is 5.73 Å². The molecule has 0 saturated carbocycles. The lowest BCUT2D eigenvalue weighted by Crippen LogP contribution is -2.13. The number of rotatable bonds is 5. The zero-order valence-corrected chi connectivity index (χ0v) is 13.4. The zero-order chi connectivity index (χ0) is 14.7. The molecule has 0 spiro atoms. The third kappa shape index (κ3) is 3.19. The lowest BCUT2D eigenvalue weighted by molar-refractivity contribution is 0.411. The van der Waals surface area contributed by atoms with E-state index in [1.54, 1.807) is 18.4 Å². The van der Waals surface area contributed by atoms with Crippen LogP contribution >= 0.6 is 11.3 Å². The Bertz CT molecular complexity index is 592. The highest BCUT2D eigenvalue weighted by atomic mass is 32.1. The summed E-state index contributed by atoms with van der Waals surface area (Å²) >= 11 is 1.76. The second-order valence-electron chi connectivity index (χ2n) is 5.00. The molecule has 0 saturated heterocycles.